The Hall–Kier alpha value is -3.21. The van der Waals surface area contributed by atoms with Crippen molar-refractivity contribution in [1.29, 1.82) is 0 Å². The average Bonchev–Trinajstić information content (AvgIpc) is 3.17. The van der Waals surface area contributed by atoms with Crippen LogP contribution in [0.2, 0.25) is 0 Å². The Balaban J connectivity index is 0.000000156. The normalized spacial score (nSPS) is 10.4. The molecule has 0 aliphatic heterocycles. The molecular weight excluding hydrogens is 339 g/mol. The van der Waals surface area contributed by atoms with Crippen LogP contribution in [0.1, 0.15) is 11.4 Å². The summed E-state index contributed by atoms with van der Waals surface area (Å²) in [7, 11) is 3.78. The third kappa shape index (κ3) is 4.31. The molecule has 0 fully saturated rings. The zero-order chi connectivity index (χ0) is 19.4. The monoisotopic (exact) mass is 362 g/mol. The van der Waals surface area contributed by atoms with Crippen LogP contribution in [0, 0.1) is 19.7 Å². The summed E-state index contributed by atoms with van der Waals surface area (Å²) in [5.41, 5.74) is 5.73. The highest BCUT2D eigenvalue weighted by atomic mass is 19.1. The Bertz CT molecular complexity index is 1030. The van der Waals surface area contributed by atoms with Crippen LogP contribution in [-0.4, -0.2) is 19.6 Å². The van der Waals surface area contributed by atoms with Gasteiger partial charge in [0.1, 0.15) is 5.82 Å². The summed E-state index contributed by atoms with van der Waals surface area (Å²) in [6.45, 7) is 3.90. The number of aromatic nitrogens is 4. The standard InChI is InChI=1S/C11H11FN2.C11H12N2/c1-8-7-11(14(2)13-8)9-5-3-4-6-10(9)12;1-9-8-11(13(2)12-9)10-6-4-3-5-7-10/h3-7H,1-2H3;3-8H,1-2H3. The van der Waals surface area contributed by atoms with Gasteiger partial charge in [-0.05, 0) is 43.7 Å². The molecule has 0 aliphatic carbocycles. The molecule has 0 unspecified atom stereocenters. The van der Waals surface area contributed by atoms with Crippen LogP contribution in [0.4, 0.5) is 4.39 Å². The maximum Gasteiger partial charge on any atom is 0.132 e. The first-order valence-electron chi connectivity index (χ1n) is 8.77. The van der Waals surface area contributed by atoms with Crippen molar-refractivity contribution in [1.82, 2.24) is 19.6 Å². The van der Waals surface area contributed by atoms with Gasteiger partial charge in [0.2, 0.25) is 0 Å². The highest BCUT2D eigenvalue weighted by Gasteiger charge is 2.08. The summed E-state index contributed by atoms with van der Waals surface area (Å²) in [5.74, 6) is -0.212. The molecule has 0 amide bonds. The highest BCUT2D eigenvalue weighted by molar-refractivity contribution is 5.61. The van der Waals surface area contributed by atoms with Crippen molar-refractivity contribution in [2.45, 2.75) is 13.8 Å². The molecule has 4 aromatic rings. The van der Waals surface area contributed by atoms with Crippen molar-refractivity contribution in [2.24, 2.45) is 14.1 Å². The molecule has 0 atom stereocenters. The van der Waals surface area contributed by atoms with E-state index in [-0.39, 0.29) is 5.82 Å². The van der Waals surface area contributed by atoms with Gasteiger partial charge in [-0.25, -0.2) is 4.39 Å². The van der Waals surface area contributed by atoms with E-state index >= 15 is 0 Å². The topological polar surface area (TPSA) is 35.6 Å². The van der Waals surface area contributed by atoms with E-state index in [2.05, 4.69) is 28.4 Å². The predicted molar refractivity (Wildman–Crippen MR) is 107 cm³/mol. The molecule has 2 aromatic heterocycles. The quantitative estimate of drug-likeness (QED) is 0.507. The molecule has 0 saturated carbocycles. The van der Waals surface area contributed by atoms with Gasteiger partial charge >= 0.3 is 0 Å². The number of nitrogens with zero attached hydrogens (tertiary/aromatic N) is 4. The highest BCUT2D eigenvalue weighted by Crippen LogP contribution is 2.22. The van der Waals surface area contributed by atoms with Crippen LogP contribution in [0.5, 0.6) is 0 Å². The van der Waals surface area contributed by atoms with Crippen LogP contribution in [-0.2, 0) is 14.1 Å². The number of hydrogen-bond donors (Lipinski definition) is 0. The SMILES string of the molecule is Cc1cc(-c2ccccc2)n(C)n1.Cc1cc(-c2ccccc2F)n(C)n1. The minimum absolute atomic E-state index is 0.212. The molecule has 0 saturated heterocycles. The van der Waals surface area contributed by atoms with E-state index in [1.165, 1.54) is 11.6 Å². The zero-order valence-electron chi connectivity index (χ0n) is 16.0. The van der Waals surface area contributed by atoms with Crippen LogP contribution in [0.15, 0.2) is 66.7 Å². The lowest BCUT2D eigenvalue weighted by atomic mass is 10.1. The largest absolute Gasteiger partial charge is 0.268 e. The van der Waals surface area contributed by atoms with Gasteiger partial charge in [0.15, 0.2) is 0 Å². The number of benzene rings is 2. The number of hydrogen-bond acceptors (Lipinski definition) is 2. The van der Waals surface area contributed by atoms with Crippen molar-refractivity contribution in [2.75, 3.05) is 0 Å². The molecule has 0 bridgehead atoms. The fourth-order valence-corrected chi connectivity index (χ4v) is 3.02. The summed E-state index contributed by atoms with van der Waals surface area (Å²) < 4.78 is 17.0. The molecule has 4 rings (SSSR count). The molecule has 4 nitrogen and oxygen atoms in total. The van der Waals surface area contributed by atoms with E-state index < -0.39 is 0 Å². The van der Waals surface area contributed by atoms with E-state index in [9.17, 15) is 4.39 Å². The van der Waals surface area contributed by atoms with Crippen molar-refractivity contribution >= 4 is 0 Å². The summed E-state index contributed by atoms with van der Waals surface area (Å²) in [5, 5.41) is 8.48. The van der Waals surface area contributed by atoms with Gasteiger partial charge in [-0.15, -0.1) is 0 Å². The fraction of sp³-hybridized carbons (Fsp3) is 0.182. The fourth-order valence-electron chi connectivity index (χ4n) is 3.02. The summed E-state index contributed by atoms with van der Waals surface area (Å²) in [6.07, 6.45) is 0. The van der Waals surface area contributed by atoms with Crippen LogP contribution < -0.4 is 0 Å². The van der Waals surface area contributed by atoms with E-state index in [0.717, 1.165) is 22.8 Å². The van der Waals surface area contributed by atoms with Gasteiger partial charge in [-0.1, -0.05) is 42.5 Å². The Morgan fingerprint density at radius 2 is 1.22 bits per heavy atom. The molecule has 0 N–H and O–H groups in total. The minimum atomic E-state index is -0.212. The second-order valence-electron chi connectivity index (χ2n) is 6.44. The minimum Gasteiger partial charge on any atom is -0.268 e. The molecule has 2 aromatic carbocycles. The van der Waals surface area contributed by atoms with Crippen LogP contribution >= 0.6 is 0 Å². The molecule has 0 aliphatic rings. The van der Waals surface area contributed by atoms with E-state index in [1.807, 2.05) is 63.0 Å². The molecule has 0 spiro atoms. The van der Waals surface area contributed by atoms with Gasteiger partial charge in [0, 0.05) is 19.7 Å². The molecule has 0 radical (unpaired) electrons. The molecule has 138 valence electrons. The predicted octanol–water partition coefficient (Wildman–Crippen LogP) is 4.93. The van der Waals surface area contributed by atoms with Crippen molar-refractivity contribution < 1.29 is 4.39 Å². The van der Waals surface area contributed by atoms with Gasteiger partial charge < -0.3 is 0 Å². The molecular formula is C22H23FN4. The average molecular weight is 362 g/mol. The lowest BCUT2D eigenvalue weighted by Crippen LogP contribution is -1.95. The first kappa shape index (κ1) is 18.6. The third-order valence-electron chi connectivity index (χ3n) is 4.22. The first-order valence-corrected chi connectivity index (χ1v) is 8.77. The Morgan fingerprint density at radius 3 is 1.74 bits per heavy atom. The van der Waals surface area contributed by atoms with Crippen LogP contribution in [0.3, 0.4) is 0 Å². The van der Waals surface area contributed by atoms with Gasteiger partial charge in [0.25, 0.3) is 0 Å². The third-order valence-corrected chi connectivity index (χ3v) is 4.22. The Labute approximate surface area is 158 Å². The number of aryl methyl sites for hydroxylation is 4. The van der Waals surface area contributed by atoms with Gasteiger partial charge in [-0.2, -0.15) is 10.2 Å². The second kappa shape index (κ2) is 7.99. The maximum absolute atomic E-state index is 13.4. The van der Waals surface area contributed by atoms with Crippen molar-refractivity contribution in [3.05, 3.63) is 83.9 Å². The van der Waals surface area contributed by atoms with Crippen molar-refractivity contribution in [3.63, 3.8) is 0 Å². The maximum atomic E-state index is 13.4. The number of halogens is 1. The lowest BCUT2D eigenvalue weighted by Gasteiger charge is -2.02. The van der Waals surface area contributed by atoms with Crippen LogP contribution in [0.25, 0.3) is 22.5 Å². The molecule has 2 heterocycles. The Kier molecular flexibility index (Phi) is 5.50. The van der Waals surface area contributed by atoms with Crippen molar-refractivity contribution in [3.8, 4) is 22.5 Å². The summed E-state index contributed by atoms with van der Waals surface area (Å²) in [6, 6.07) is 21.0. The number of rotatable bonds is 2. The second-order valence-corrected chi connectivity index (χ2v) is 6.44. The van der Waals surface area contributed by atoms with E-state index in [4.69, 9.17) is 0 Å². The first-order chi connectivity index (χ1) is 13.0. The molecule has 5 heteroatoms. The summed E-state index contributed by atoms with van der Waals surface area (Å²) in [4.78, 5) is 0. The lowest BCUT2D eigenvalue weighted by molar-refractivity contribution is 0.628. The summed E-state index contributed by atoms with van der Waals surface area (Å²) >= 11 is 0. The van der Waals surface area contributed by atoms with E-state index in [1.54, 1.807) is 16.8 Å². The van der Waals surface area contributed by atoms with Gasteiger partial charge in [0.05, 0.1) is 22.8 Å². The van der Waals surface area contributed by atoms with Gasteiger partial charge in [-0.3, -0.25) is 9.36 Å². The Morgan fingerprint density at radius 1 is 0.704 bits per heavy atom. The van der Waals surface area contributed by atoms with E-state index in [0.29, 0.717) is 5.56 Å². The molecule has 27 heavy (non-hydrogen) atoms. The smallest absolute Gasteiger partial charge is 0.132 e. The zero-order valence-corrected chi connectivity index (χ0v) is 16.0.